The Hall–Kier alpha value is -1.97. The molecule has 3 N–H and O–H groups in total. The molecule has 0 aliphatic heterocycles. The predicted octanol–water partition coefficient (Wildman–Crippen LogP) is 2.61. The SMILES string of the molecule is Nc1ccc(F)cc1NCc1ccco1. The molecule has 3 nitrogen and oxygen atoms in total. The van der Waals surface area contributed by atoms with Crippen LogP contribution in [0.15, 0.2) is 41.0 Å². The molecule has 1 heterocycles. The summed E-state index contributed by atoms with van der Waals surface area (Å²) >= 11 is 0. The Morgan fingerprint density at radius 3 is 2.93 bits per heavy atom. The van der Waals surface area contributed by atoms with Crippen molar-refractivity contribution in [2.75, 3.05) is 11.1 Å². The molecule has 0 spiro atoms. The van der Waals surface area contributed by atoms with Crippen molar-refractivity contribution in [3.63, 3.8) is 0 Å². The quantitative estimate of drug-likeness (QED) is 0.759. The first-order valence-corrected chi connectivity index (χ1v) is 4.57. The van der Waals surface area contributed by atoms with Crippen LogP contribution in [0.1, 0.15) is 5.76 Å². The van der Waals surface area contributed by atoms with E-state index in [9.17, 15) is 4.39 Å². The molecule has 0 saturated heterocycles. The third kappa shape index (κ3) is 2.28. The summed E-state index contributed by atoms with van der Waals surface area (Å²) in [5, 5.41) is 3.00. The maximum atomic E-state index is 12.9. The third-order valence-electron chi connectivity index (χ3n) is 2.05. The zero-order valence-electron chi connectivity index (χ0n) is 8.03. The molecular weight excluding hydrogens is 195 g/mol. The van der Waals surface area contributed by atoms with Crippen LogP contribution in [-0.4, -0.2) is 0 Å². The summed E-state index contributed by atoms with van der Waals surface area (Å²) in [7, 11) is 0. The highest BCUT2D eigenvalue weighted by Crippen LogP contribution is 2.19. The van der Waals surface area contributed by atoms with Crippen LogP contribution in [-0.2, 0) is 6.54 Å². The Morgan fingerprint density at radius 2 is 2.20 bits per heavy atom. The van der Waals surface area contributed by atoms with Gasteiger partial charge in [0.15, 0.2) is 0 Å². The van der Waals surface area contributed by atoms with E-state index in [0.717, 1.165) is 5.76 Å². The van der Waals surface area contributed by atoms with Gasteiger partial charge in [0.2, 0.25) is 0 Å². The minimum atomic E-state index is -0.314. The molecule has 0 aliphatic rings. The fourth-order valence-electron chi connectivity index (χ4n) is 1.28. The van der Waals surface area contributed by atoms with Crippen molar-refractivity contribution in [2.45, 2.75) is 6.54 Å². The molecule has 0 bridgehead atoms. The molecule has 15 heavy (non-hydrogen) atoms. The van der Waals surface area contributed by atoms with E-state index in [1.54, 1.807) is 12.3 Å². The number of nitrogens with two attached hydrogens (primary N) is 1. The van der Waals surface area contributed by atoms with Crippen molar-refractivity contribution in [2.24, 2.45) is 0 Å². The second kappa shape index (κ2) is 4.04. The molecule has 2 aromatic rings. The van der Waals surface area contributed by atoms with Crippen LogP contribution in [0.4, 0.5) is 15.8 Å². The number of benzene rings is 1. The highest BCUT2D eigenvalue weighted by molar-refractivity contribution is 5.65. The molecule has 1 aromatic heterocycles. The molecule has 2 rings (SSSR count). The second-order valence-corrected chi connectivity index (χ2v) is 3.16. The highest BCUT2D eigenvalue weighted by atomic mass is 19.1. The van der Waals surface area contributed by atoms with Crippen LogP contribution in [0.5, 0.6) is 0 Å². The van der Waals surface area contributed by atoms with Crippen molar-refractivity contribution in [1.29, 1.82) is 0 Å². The lowest BCUT2D eigenvalue weighted by molar-refractivity contribution is 0.518. The number of nitrogen functional groups attached to an aromatic ring is 1. The molecule has 1 aromatic carbocycles. The Morgan fingerprint density at radius 1 is 1.33 bits per heavy atom. The van der Waals surface area contributed by atoms with E-state index in [1.165, 1.54) is 18.2 Å². The summed E-state index contributed by atoms with van der Waals surface area (Å²) in [6, 6.07) is 7.85. The number of anilines is 2. The Bertz CT molecular complexity index is 440. The van der Waals surface area contributed by atoms with Crippen molar-refractivity contribution in [1.82, 2.24) is 0 Å². The van der Waals surface area contributed by atoms with Crippen LogP contribution < -0.4 is 11.1 Å². The van der Waals surface area contributed by atoms with E-state index in [0.29, 0.717) is 17.9 Å². The number of furan rings is 1. The lowest BCUT2D eigenvalue weighted by Gasteiger charge is -2.07. The number of halogens is 1. The fraction of sp³-hybridized carbons (Fsp3) is 0.0909. The third-order valence-corrected chi connectivity index (χ3v) is 2.05. The molecular formula is C11H11FN2O. The van der Waals surface area contributed by atoms with E-state index in [1.807, 2.05) is 6.07 Å². The number of rotatable bonds is 3. The normalized spacial score (nSPS) is 10.2. The Balaban J connectivity index is 2.07. The second-order valence-electron chi connectivity index (χ2n) is 3.16. The summed E-state index contributed by atoms with van der Waals surface area (Å²) in [5.74, 6) is 0.463. The summed E-state index contributed by atoms with van der Waals surface area (Å²) < 4.78 is 18.0. The summed E-state index contributed by atoms with van der Waals surface area (Å²) in [4.78, 5) is 0. The predicted molar refractivity (Wildman–Crippen MR) is 56.8 cm³/mol. The molecule has 0 saturated carbocycles. The van der Waals surface area contributed by atoms with Gasteiger partial charge in [-0.05, 0) is 30.3 Å². The largest absolute Gasteiger partial charge is 0.467 e. The molecule has 78 valence electrons. The molecule has 0 atom stereocenters. The van der Waals surface area contributed by atoms with Crippen LogP contribution in [0.3, 0.4) is 0 Å². The maximum Gasteiger partial charge on any atom is 0.125 e. The van der Waals surface area contributed by atoms with Gasteiger partial charge >= 0.3 is 0 Å². The average molecular weight is 206 g/mol. The maximum absolute atomic E-state index is 12.9. The first-order chi connectivity index (χ1) is 7.25. The molecule has 0 unspecified atom stereocenters. The number of hydrogen-bond donors (Lipinski definition) is 2. The van der Waals surface area contributed by atoms with E-state index < -0.39 is 0 Å². The van der Waals surface area contributed by atoms with Gasteiger partial charge in [0.1, 0.15) is 11.6 Å². The minimum Gasteiger partial charge on any atom is -0.467 e. The first-order valence-electron chi connectivity index (χ1n) is 4.57. The Labute approximate surface area is 86.7 Å². The molecule has 0 amide bonds. The minimum absolute atomic E-state index is 0.314. The first kappa shape index (κ1) is 9.58. The topological polar surface area (TPSA) is 51.2 Å². The van der Waals surface area contributed by atoms with Crippen molar-refractivity contribution in [3.05, 3.63) is 48.2 Å². The van der Waals surface area contributed by atoms with E-state index in [4.69, 9.17) is 10.2 Å². The fourth-order valence-corrected chi connectivity index (χ4v) is 1.28. The lowest BCUT2D eigenvalue weighted by atomic mass is 10.2. The summed E-state index contributed by atoms with van der Waals surface area (Å²) in [5.41, 5.74) is 6.76. The van der Waals surface area contributed by atoms with Gasteiger partial charge in [-0.25, -0.2) is 4.39 Å². The van der Waals surface area contributed by atoms with E-state index >= 15 is 0 Å². The van der Waals surface area contributed by atoms with Gasteiger partial charge in [-0.3, -0.25) is 0 Å². The number of hydrogen-bond acceptors (Lipinski definition) is 3. The van der Waals surface area contributed by atoms with Gasteiger partial charge in [-0.15, -0.1) is 0 Å². The van der Waals surface area contributed by atoms with Crippen LogP contribution in [0, 0.1) is 5.82 Å². The van der Waals surface area contributed by atoms with Gasteiger partial charge in [-0.1, -0.05) is 0 Å². The average Bonchev–Trinajstić information content (AvgIpc) is 2.72. The van der Waals surface area contributed by atoms with Crippen LogP contribution >= 0.6 is 0 Å². The van der Waals surface area contributed by atoms with Crippen LogP contribution in [0.25, 0.3) is 0 Å². The molecule has 0 radical (unpaired) electrons. The van der Waals surface area contributed by atoms with Gasteiger partial charge < -0.3 is 15.5 Å². The van der Waals surface area contributed by atoms with Crippen molar-refractivity contribution >= 4 is 11.4 Å². The smallest absolute Gasteiger partial charge is 0.125 e. The van der Waals surface area contributed by atoms with Crippen molar-refractivity contribution < 1.29 is 8.81 Å². The highest BCUT2D eigenvalue weighted by Gasteiger charge is 2.01. The standard InChI is InChI=1S/C11H11FN2O/c12-8-3-4-10(13)11(6-8)14-7-9-2-1-5-15-9/h1-6,14H,7,13H2. The van der Waals surface area contributed by atoms with E-state index in [-0.39, 0.29) is 5.82 Å². The summed E-state index contributed by atoms with van der Waals surface area (Å²) in [6.07, 6.45) is 1.59. The van der Waals surface area contributed by atoms with Gasteiger partial charge in [0.25, 0.3) is 0 Å². The lowest BCUT2D eigenvalue weighted by Crippen LogP contribution is -2.01. The zero-order valence-corrected chi connectivity index (χ0v) is 8.03. The van der Waals surface area contributed by atoms with Crippen LogP contribution in [0.2, 0.25) is 0 Å². The van der Waals surface area contributed by atoms with Gasteiger partial charge in [0.05, 0.1) is 24.2 Å². The number of nitrogens with one attached hydrogen (secondary N) is 1. The van der Waals surface area contributed by atoms with Crippen molar-refractivity contribution in [3.8, 4) is 0 Å². The summed E-state index contributed by atoms with van der Waals surface area (Å²) in [6.45, 7) is 0.487. The molecule has 0 aliphatic carbocycles. The monoisotopic (exact) mass is 206 g/mol. The van der Waals surface area contributed by atoms with Gasteiger partial charge in [0, 0.05) is 0 Å². The van der Waals surface area contributed by atoms with E-state index in [2.05, 4.69) is 5.32 Å². The molecule has 4 heteroatoms. The molecule has 0 fully saturated rings. The Kier molecular flexibility index (Phi) is 2.58. The van der Waals surface area contributed by atoms with Gasteiger partial charge in [-0.2, -0.15) is 0 Å². The zero-order chi connectivity index (χ0) is 10.7.